The number of aliphatic imine (C=N–C) groups is 1. The Morgan fingerprint density at radius 3 is 2.50 bits per heavy atom. The van der Waals surface area contributed by atoms with Gasteiger partial charge in [-0.3, -0.25) is 14.7 Å². The lowest BCUT2D eigenvalue weighted by molar-refractivity contribution is -0.129. The summed E-state index contributed by atoms with van der Waals surface area (Å²) in [7, 11) is 5.42. The van der Waals surface area contributed by atoms with E-state index >= 15 is 0 Å². The molecule has 2 fully saturated rings. The fraction of sp³-hybridized carbons (Fsp3) is 0.882. The number of aliphatic hydroxyl groups excluding tert-OH is 1. The second-order valence-electron chi connectivity index (χ2n) is 7.05. The Labute approximate surface area is 145 Å². The van der Waals surface area contributed by atoms with Crippen LogP contribution in [0, 0.1) is 5.92 Å². The fourth-order valence-electron chi connectivity index (χ4n) is 3.47. The Morgan fingerprint density at radius 2 is 1.96 bits per heavy atom. The Bertz CT molecular complexity index is 433. The van der Waals surface area contributed by atoms with Gasteiger partial charge in [-0.15, -0.1) is 0 Å². The maximum Gasteiger partial charge on any atom is 0.223 e. The summed E-state index contributed by atoms with van der Waals surface area (Å²) < 4.78 is 0. The quantitative estimate of drug-likeness (QED) is 0.537. The summed E-state index contributed by atoms with van der Waals surface area (Å²) in [6, 6.07) is 0. The number of carbonyl (C=O) groups is 1. The van der Waals surface area contributed by atoms with E-state index in [1.54, 1.807) is 19.0 Å². The Morgan fingerprint density at radius 1 is 1.25 bits per heavy atom. The van der Waals surface area contributed by atoms with Crippen molar-refractivity contribution in [2.45, 2.75) is 31.8 Å². The molecule has 24 heavy (non-hydrogen) atoms. The molecule has 0 aromatic carbocycles. The van der Waals surface area contributed by atoms with E-state index in [0.29, 0.717) is 12.3 Å². The second kappa shape index (κ2) is 9.22. The normalized spacial score (nSPS) is 25.8. The molecule has 2 atom stereocenters. The fourth-order valence-corrected chi connectivity index (χ4v) is 3.47. The van der Waals surface area contributed by atoms with E-state index in [9.17, 15) is 9.90 Å². The highest BCUT2D eigenvalue weighted by atomic mass is 16.3. The van der Waals surface area contributed by atoms with Crippen LogP contribution in [0.15, 0.2) is 4.99 Å². The standard InChI is InChI=1S/C17H33N5O2/c1-18-17(19-13-14-5-4-6-15(14)23)22-11-9-21(10-12-22)8-7-16(24)20(2)3/h14-15,23H,4-13H2,1-3H3,(H,18,19). The molecule has 1 saturated heterocycles. The minimum Gasteiger partial charge on any atom is -0.393 e. The van der Waals surface area contributed by atoms with Gasteiger partial charge in [-0.1, -0.05) is 6.42 Å². The number of carbonyl (C=O) groups excluding carboxylic acids is 1. The molecule has 0 spiro atoms. The second-order valence-corrected chi connectivity index (χ2v) is 7.05. The molecule has 0 radical (unpaired) electrons. The molecule has 138 valence electrons. The number of guanidine groups is 1. The third-order valence-corrected chi connectivity index (χ3v) is 5.17. The van der Waals surface area contributed by atoms with Crippen LogP contribution in [0.1, 0.15) is 25.7 Å². The van der Waals surface area contributed by atoms with Crippen molar-refractivity contribution in [2.75, 3.05) is 60.4 Å². The summed E-state index contributed by atoms with van der Waals surface area (Å²) in [6.07, 6.45) is 3.56. The van der Waals surface area contributed by atoms with Crippen LogP contribution in [0.5, 0.6) is 0 Å². The van der Waals surface area contributed by atoms with Crippen molar-refractivity contribution in [3.63, 3.8) is 0 Å². The minimum absolute atomic E-state index is 0.165. The zero-order valence-electron chi connectivity index (χ0n) is 15.4. The number of hydrogen-bond donors (Lipinski definition) is 2. The molecule has 0 bridgehead atoms. The molecular formula is C17H33N5O2. The van der Waals surface area contributed by atoms with E-state index in [2.05, 4.69) is 20.1 Å². The largest absolute Gasteiger partial charge is 0.393 e. The molecule has 1 heterocycles. The molecule has 7 nitrogen and oxygen atoms in total. The van der Waals surface area contributed by atoms with Gasteiger partial charge in [-0.05, 0) is 12.8 Å². The summed E-state index contributed by atoms with van der Waals surface area (Å²) >= 11 is 0. The molecule has 2 aliphatic rings. The molecule has 0 aromatic rings. The summed E-state index contributed by atoms with van der Waals surface area (Å²) in [5, 5.41) is 13.4. The summed E-state index contributed by atoms with van der Waals surface area (Å²) in [6.45, 7) is 5.36. The molecule has 2 N–H and O–H groups in total. The van der Waals surface area contributed by atoms with E-state index in [-0.39, 0.29) is 12.0 Å². The summed E-state index contributed by atoms with van der Waals surface area (Å²) in [4.78, 5) is 22.3. The molecule has 1 aliphatic carbocycles. The van der Waals surface area contributed by atoms with Crippen LogP contribution >= 0.6 is 0 Å². The lowest BCUT2D eigenvalue weighted by atomic mass is 10.1. The Balaban J connectivity index is 1.70. The molecule has 1 saturated carbocycles. The smallest absolute Gasteiger partial charge is 0.223 e. The van der Waals surface area contributed by atoms with Gasteiger partial charge in [-0.25, -0.2) is 0 Å². The maximum atomic E-state index is 11.7. The van der Waals surface area contributed by atoms with Crippen molar-refractivity contribution in [3.05, 3.63) is 0 Å². The first kappa shape index (κ1) is 19.0. The van der Waals surface area contributed by atoms with Gasteiger partial charge in [-0.2, -0.15) is 0 Å². The topological polar surface area (TPSA) is 71.4 Å². The predicted octanol–water partition coefficient (Wildman–Crippen LogP) is -0.181. The molecular weight excluding hydrogens is 306 g/mol. The SMILES string of the molecule is CN=C(NCC1CCCC1O)N1CCN(CCC(=O)N(C)C)CC1. The molecule has 1 amide bonds. The molecule has 0 aromatic heterocycles. The number of piperazine rings is 1. The number of nitrogens with zero attached hydrogens (tertiary/aromatic N) is 4. The maximum absolute atomic E-state index is 11.7. The van der Waals surface area contributed by atoms with Crippen molar-refractivity contribution in [1.29, 1.82) is 0 Å². The van der Waals surface area contributed by atoms with Crippen LogP contribution in [0.25, 0.3) is 0 Å². The van der Waals surface area contributed by atoms with Crippen LogP contribution in [-0.4, -0.2) is 98.2 Å². The van der Waals surface area contributed by atoms with Gasteiger partial charge in [0.1, 0.15) is 0 Å². The number of aliphatic hydroxyl groups is 1. The highest BCUT2D eigenvalue weighted by Crippen LogP contribution is 2.24. The van der Waals surface area contributed by atoms with Crippen molar-refractivity contribution in [2.24, 2.45) is 10.9 Å². The number of rotatable bonds is 5. The highest BCUT2D eigenvalue weighted by molar-refractivity contribution is 5.80. The van der Waals surface area contributed by atoms with Gasteiger partial charge >= 0.3 is 0 Å². The van der Waals surface area contributed by atoms with Crippen molar-refractivity contribution < 1.29 is 9.90 Å². The van der Waals surface area contributed by atoms with E-state index in [4.69, 9.17) is 0 Å². The summed E-state index contributed by atoms with van der Waals surface area (Å²) in [5.41, 5.74) is 0. The third-order valence-electron chi connectivity index (χ3n) is 5.17. The van der Waals surface area contributed by atoms with Gasteiger partial charge in [0, 0.05) is 72.8 Å². The Hall–Kier alpha value is -1.34. The first-order valence-corrected chi connectivity index (χ1v) is 9.07. The van der Waals surface area contributed by atoms with Gasteiger partial charge in [0.2, 0.25) is 5.91 Å². The minimum atomic E-state index is -0.165. The van der Waals surface area contributed by atoms with Gasteiger partial charge < -0.3 is 20.2 Å². The average molecular weight is 339 g/mol. The number of hydrogen-bond acceptors (Lipinski definition) is 4. The van der Waals surface area contributed by atoms with Crippen LogP contribution in [0.2, 0.25) is 0 Å². The first-order chi connectivity index (χ1) is 11.5. The number of nitrogens with one attached hydrogen (secondary N) is 1. The van der Waals surface area contributed by atoms with E-state index in [1.165, 1.54) is 0 Å². The lowest BCUT2D eigenvalue weighted by Crippen LogP contribution is -2.53. The molecule has 2 unspecified atom stereocenters. The first-order valence-electron chi connectivity index (χ1n) is 9.07. The lowest BCUT2D eigenvalue weighted by Gasteiger charge is -2.36. The highest BCUT2D eigenvalue weighted by Gasteiger charge is 2.26. The zero-order chi connectivity index (χ0) is 17.5. The van der Waals surface area contributed by atoms with Crippen molar-refractivity contribution in [1.82, 2.24) is 20.0 Å². The van der Waals surface area contributed by atoms with E-state index < -0.39 is 0 Å². The summed E-state index contributed by atoms with van der Waals surface area (Å²) in [5.74, 6) is 1.46. The van der Waals surface area contributed by atoms with E-state index in [0.717, 1.165) is 64.5 Å². The Kier molecular flexibility index (Phi) is 7.30. The van der Waals surface area contributed by atoms with Crippen molar-refractivity contribution >= 4 is 11.9 Å². The van der Waals surface area contributed by atoms with Gasteiger partial charge in [0.15, 0.2) is 5.96 Å². The van der Waals surface area contributed by atoms with Crippen molar-refractivity contribution in [3.8, 4) is 0 Å². The zero-order valence-corrected chi connectivity index (χ0v) is 15.4. The molecule has 7 heteroatoms. The average Bonchev–Trinajstić information content (AvgIpc) is 2.99. The van der Waals surface area contributed by atoms with Crippen LogP contribution in [0.3, 0.4) is 0 Å². The molecule has 2 rings (SSSR count). The molecule has 1 aliphatic heterocycles. The predicted molar refractivity (Wildman–Crippen MR) is 96.0 cm³/mol. The van der Waals surface area contributed by atoms with E-state index in [1.807, 2.05) is 7.05 Å². The van der Waals surface area contributed by atoms with Crippen LogP contribution < -0.4 is 5.32 Å². The monoisotopic (exact) mass is 339 g/mol. The van der Waals surface area contributed by atoms with Gasteiger partial charge in [0.05, 0.1) is 6.10 Å². The van der Waals surface area contributed by atoms with Gasteiger partial charge in [0.25, 0.3) is 0 Å². The third kappa shape index (κ3) is 5.34. The van der Waals surface area contributed by atoms with Crippen LogP contribution in [-0.2, 0) is 4.79 Å². The number of amides is 1. The van der Waals surface area contributed by atoms with Crippen LogP contribution in [0.4, 0.5) is 0 Å².